The molecule has 0 bridgehead atoms. The summed E-state index contributed by atoms with van der Waals surface area (Å²) in [5, 5.41) is 7.12. The summed E-state index contributed by atoms with van der Waals surface area (Å²) in [5.74, 6) is 0.160. The molecule has 126 valence electrons. The summed E-state index contributed by atoms with van der Waals surface area (Å²) in [4.78, 5) is 26.6. The summed E-state index contributed by atoms with van der Waals surface area (Å²) in [6.07, 6.45) is 2.10. The van der Waals surface area contributed by atoms with Crippen LogP contribution in [0.15, 0.2) is 41.1 Å². The summed E-state index contributed by atoms with van der Waals surface area (Å²) < 4.78 is 0. The van der Waals surface area contributed by atoms with Crippen molar-refractivity contribution in [2.75, 3.05) is 13.1 Å². The molecule has 1 aliphatic rings. The number of benzene rings is 1. The van der Waals surface area contributed by atoms with Gasteiger partial charge in [-0.25, -0.2) is 0 Å². The fraction of sp³-hybridized carbons (Fsp3) is 0.368. The van der Waals surface area contributed by atoms with Crippen molar-refractivity contribution in [3.05, 3.63) is 57.8 Å². The van der Waals surface area contributed by atoms with Crippen molar-refractivity contribution in [2.45, 2.75) is 32.2 Å². The van der Waals surface area contributed by atoms with Crippen LogP contribution in [0.5, 0.6) is 0 Å². The molecule has 1 saturated heterocycles. The summed E-state index contributed by atoms with van der Waals surface area (Å²) in [6.45, 7) is 3.37. The predicted octanol–water partition coefficient (Wildman–Crippen LogP) is 3.02. The normalized spacial score (nSPS) is 15.3. The molecule has 2 heterocycles. The third-order valence-electron chi connectivity index (χ3n) is 4.51. The van der Waals surface area contributed by atoms with Crippen LogP contribution < -0.4 is 5.32 Å². The highest BCUT2D eigenvalue weighted by atomic mass is 32.1. The van der Waals surface area contributed by atoms with Crippen LogP contribution in [-0.2, 0) is 11.2 Å². The monoisotopic (exact) mass is 342 g/mol. The zero-order chi connectivity index (χ0) is 16.9. The lowest BCUT2D eigenvalue weighted by Crippen LogP contribution is -2.47. The van der Waals surface area contributed by atoms with Gasteiger partial charge in [0.2, 0.25) is 5.91 Å². The van der Waals surface area contributed by atoms with Gasteiger partial charge in [0.15, 0.2) is 0 Å². The Morgan fingerprint density at radius 3 is 2.62 bits per heavy atom. The number of hydrogen-bond donors (Lipinski definition) is 1. The molecule has 0 saturated carbocycles. The fourth-order valence-corrected chi connectivity index (χ4v) is 3.71. The summed E-state index contributed by atoms with van der Waals surface area (Å²) in [5.41, 5.74) is 2.80. The molecular formula is C19H22N2O2S. The minimum Gasteiger partial charge on any atom is -0.349 e. The second kappa shape index (κ2) is 7.62. The lowest BCUT2D eigenvalue weighted by molar-refractivity contribution is -0.131. The molecule has 1 aliphatic heterocycles. The molecule has 5 heteroatoms. The molecule has 1 aromatic heterocycles. The Morgan fingerprint density at radius 1 is 1.21 bits per heavy atom. The number of hydrogen-bond acceptors (Lipinski definition) is 3. The zero-order valence-corrected chi connectivity index (χ0v) is 14.6. The van der Waals surface area contributed by atoms with Crippen molar-refractivity contribution >= 4 is 23.2 Å². The fourth-order valence-electron chi connectivity index (χ4n) is 3.04. The van der Waals surface area contributed by atoms with Gasteiger partial charge >= 0.3 is 0 Å². The first-order chi connectivity index (χ1) is 11.6. The van der Waals surface area contributed by atoms with Crippen LogP contribution >= 0.6 is 11.3 Å². The molecule has 1 aromatic carbocycles. The molecule has 2 amide bonds. The Morgan fingerprint density at radius 2 is 1.96 bits per heavy atom. The van der Waals surface area contributed by atoms with Gasteiger partial charge < -0.3 is 10.2 Å². The smallest absolute Gasteiger partial charge is 0.251 e. The number of carbonyl (C=O) groups excluding carboxylic acids is 2. The largest absolute Gasteiger partial charge is 0.349 e. The Kier molecular flexibility index (Phi) is 5.30. The minimum atomic E-state index is -0.0175. The van der Waals surface area contributed by atoms with Gasteiger partial charge in [-0.3, -0.25) is 9.59 Å². The first-order valence-corrected chi connectivity index (χ1v) is 9.23. The van der Waals surface area contributed by atoms with Crippen molar-refractivity contribution in [3.8, 4) is 0 Å². The number of thiophene rings is 1. The van der Waals surface area contributed by atoms with Gasteiger partial charge in [0.25, 0.3) is 5.91 Å². The zero-order valence-electron chi connectivity index (χ0n) is 13.8. The predicted molar refractivity (Wildman–Crippen MR) is 96.3 cm³/mol. The molecule has 2 aromatic rings. The van der Waals surface area contributed by atoms with Crippen molar-refractivity contribution in [1.82, 2.24) is 10.2 Å². The number of likely N-dealkylation sites (tertiary alicyclic amines) is 1. The summed E-state index contributed by atoms with van der Waals surface area (Å²) in [7, 11) is 0. The molecular weight excluding hydrogens is 320 g/mol. The highest BCUT2D eigenvalue weighted by Crippen LogP contribution is 2.15. The third kappa shape index (κ3) is 4.03. The van der Waals surface area contributed by atoms with Gasteiger partial charge in [-0.15, -0.1) is 0 Å². The van der Waals surface area contributed by atoms with Gasteiger partial charge in [0.1, 0.15) is 0 Å². The average molecular weight is 342 g/mol. The summed E-state index contributed by atoms with van der Waals surface area (Å²) >= 11 is 1.62. The highest BCUT2D eigenvalue weighted by molar-refractivity contribution is 7.08. The SMILES string of the molecule is Cc1ccccc1C(=O)NC1CCN(C(=O)Cc2ccsc2)CC1. The Hall–Kier alpha value is -2.14. The van der Waals surface area contributed by atoms with Crippen molar-refractivity contribution < 1.29 is 9.59 Å². The number of piperidine rings is 1. The van der Waals surface area contributed by atoms with E-state index in [1.807, 2.05) is 52.9 Å². The molecule has 0 spiro atoms. The molecule has 4 nitrogen and oxygen atoms in total. The maximum Gasteiger partial charge on any atom is 0.251 e. The molecule has 24 heavy (non-hydrogen) atoms. The van der Waals surface area contributed by atoms with Crippen LogP contribution in [-0.4, -0.2) is 35.8 Å². The van der Waals surface area contributed by atoms with Gasteiger partial charge in [-0.1, -0.05) is 18.2 Å². The standard InChI is InChI=1S/C19H22N2O2S/c1-14-4-2-3-5-17(14)19(23)20-16-6-9-21(10-7-16)18(22)12-15-8-11-24-13-15/h2-5,8,11,13,16H,6-7,9-10,12H2,1H3,(H,20,23). The first kappa shape index (κ1) is 16.7. The number of carbonyl (C=O) groups is 2. The van der Waals surface area contributed by atoms with E-state index < -0.39 is 0 Å². The van der Waals surface area contributed by atoms with Crippen LogP contribution in [0.3, 0.4) is 0 Å². The van der Waals surface area contributed by atoms with E-state index in [1.165, 1.54) is 0 Å². The van der Waals surface area contributed by atoms with Crippen LogP contribution in [0.2, 0.25) is 0 Å². The van der Waals surface area contributed by atoms with Crippen LogP contribution in [0.1, 0.15) is 34.3 Å². The van der Waals surface area contributed by atoms with Crippen LogP contribution in [0, 0.1) is 6.92 Å². The molecule has 1 N–H and O–H groups in total. The van der Waals surface area contributed by atoms with Gasteiger partial charge in [0, 0.05) is 24.7 Å². The molecule has 0 atom stereocenters. The van der Waals surface area contributed by atoms with Gasteiger partial charge in [-0.05, 0) is 53.8 Å². The van der Waals surface area contributed by atoms with E-state index in [4.69, 9.17) is 0 Å². The molecule has 3 rings (SSSR count). The van der Waals surface area contributed by atoms with E-state index >= 15 is 0 Å². The van der Waals surface area contributed by atoms with E-state index in [-0.39, 0.29) is 17.9 Å². The lowest BCUT2D eigenvalue weighted by Gasteiger charge is -2.32. The van der Waals surface area contributed by atoms with E-state index in [9.17, 15) is 9.59 Å². The molecule has 0 unspecified atom stereocenters. The topological polar surface area (TPSA) is 49.4 Å². The first-order valence-electron chi connectivity index (χ1n) is 8.29. The molecule has 1 fully saturated rings. The van der Waals surface area contributed by atoms with Crippen molar-refractivity contribution in [1.29, 1.82) is 0 Å². The average Bonchev–Trinajstić information content (AvgIpc) is 3.08. The maximum atomic E-state index is 12.4. The Balaban J connectivity index is 1.49. The summed E-state index contributed by atoms with van der Waals surface area (Å²) in [6, 6.07) is 9.75. The Bertz CT molecular complexity index is 704. The quantitative estimate of drug-likeness (QED) is 0.928. The van der Waals surface area contributed by atoms with Crippen molar-refractivity contribution in [2.24, 2.45) is 0 Å². The highest BCUT2D eigenvalue weighted by Gasteiger charge is 2.24. The number of nitrogens with zero attached hydrogens (tertiary/aromatic N) is 1. The second-order valence-electron chi connectivity index (χ2n) is 6.25. The van der Waals surface area contributed by atoms with Crippen LogP contribution in [0.4, 0.5) is 0 Å². The van der Waals surface area contributed by atoms with Gasteiger partial charge in [-0.2, -0.15) is 11.3 Å². The molecule has 0 radical (unpaired) electrons. The second-order valence-corrected chi connectivity index (χ2v) is 7.03. The maximum absolute atomic E-state index is 12.4. The number of amides is 2. The van der Waals surface area contributed by atoms with Gasteiger partial charge in [0.05, 0.1) is 6.42 Å². The van der Waals surface area contributed by atoms with Crippen molar-refractivity contribution in [3.63, 3.8) is 0 Å². The van der Waals surface area contributed by atoms with Crippen LogP contribution in [0.25, 0.3) is 0 Å². The minimum absolute atomic E-state index is 0.0175. The lowest BCUT2D eigenvalue weighted by atomic mass is 10.0. The molecule has 0 aliphatic carbocycles. The Labute approximate surface area is 146 Å². The van der Waals surface area contributed by atoms with E-state index in [1.54, 1.807) is 11.3 Å². The van der Waals surface area contributed by atoms with E-state index in [0.717, 1.165) is 29.5 Å². The third-order valence-corrected chi connectivity index (χ3v) is 5.24. The van der Waals surface area contributed by atoms with E-state index in [2.05, 4.69) is 5.32 Å². The number of aryl methyl sites for hydroxylation is 1. The number of rotatable bonds is 4. The number of nitrogens with one attached hydrogen (secondary N) is 1. The van der Waals surface area contributed by atoms with E-state index in [0.29, 0.717) is 19.5 Å².